The summed E-state index contributed by atoms with van der Waals surface area (Å²) >= 11 is 13.8. The quantitative estimate of drug-likeness (QED) is 0.317. The Bertz CT molecular complexity index is 1220. The lowest BCUT2D eigenvalue weighted by Gasteiger charge is -2.32. The number of rotatable bonds is 2. The van der Waals surface area contributed by atoms with Crippen LogP contribution in [0.3, 0.4) is 0 Å². The van der Waals surface area contributed by atoms with Gasteiger partial charge >= 0.3 is 6.09 Å². The van der Waals surface area contributed by atoms with Crippen LogP contribution in [-0.4, -0.2) is 67.0 Å². The molecule has 1 N–H and O–H groups in total. The Morgan fingerprint density at radius 2 is 1.78 bits per heavy atom. The number of benzene rings is 1. The lowest BCUT2D eigenvalue weighted by molar-refractivity contribution is -0.108. The number of allylic oxidation sites excluding steroid dienone is 2. The van der Waals surface area contributed by atoms with Gasteiger partial charge in [0.05, 0.1) is 11.1 Å². The molecular weight excluding hydrogens is 670 g/mol. The van der Waals surface area contributed by atoms with E-state index in [-0.39, 0.29) is 12.1 Å². The average molecular weight is 712 g/mol. The molecule has 0 saturated carbocycles. The van der Waals surface area contributed by atoms with E-state index in [1.54, 1.807) is 10.5 Å². The zero-order valence-electron chi connectivity index (χ0n) is 24.6. The second-order valence-corrected chi connectivity index (χ2v) is 14.5. The first-order valence-corrected chi connectivity index (χ1v) is 16.5. The molecule has 0 radical (unpaired) electrons. The summed E-state index contributed by atoms with van der Waals surface area (Å²) in [6.07, 6.45) is 11.9. The molecule has 1 atom stereocenters. The van der Waals surface area contributed by atoms with Gasteiger partial charge in [-0.25, -0.2) is 4.79 Å². The maximum absolute atomic E-state index is 11.7. The highest BCUT2D eigenvalue weighted by atomic mass is 79.9. The number of likely N-dealkylation sites (tertiary alicyclic amines) is 2. The van der Waals surface area contributed by atoms with Gasteiger partial charge in [0.15, 0.2) is 0 Å². The molecule has 1 unspecified atom stereocenters. The first-order chi connectivity index (χ1) is 19.5. The second kappa shape index (κ2) is 14.2. The van der Waals surface area contributed by atoms with Crippen LogP contribution in [0.2, 0.25) is 5.02 Å². The van der Waals surface area contributed by atoms with Gasteiger partial charge in [0.2, 0.25) is 0 Å². The third-order valence-corrected chi connectivity index (χ3v) is 10.1. The highest BCUT2D eigenvalue weighted by molar-refractivity contribution is 9.12. The Labute approximate surface area is 266 Å². The number of ether oxygens (including phenoxy) is 1. The molecule has 41 heavy (non-hydrogen) atoms. The van der Waals surface area contributed by atoms with Gasteiger partial charge in [0.1, 0.15) is 11.9 Å². The topological polar surface area (TPSA) is 61.9 Å². The highest BCUT2D eigenvalue weighted by Crippen LogP contribution is 2.43. The monoisotopic (exact) mass is 709 g/mol. The first-order valence-electron chi connectivity index (χ1n) is 14.6. The van der Waals surface area contributed by atoms with Crippen LogP contribution in [-0.2, 0) is 16.0 Å². The molecule has 4 aliphatic rings. The maximum Gasteiger partial charge on any atom is 0.410 e. The van der Waals surface area contributed by atoms with Gasteiger partial charge in [-0.15, -0.1) is 0 Å². The summed E-state index contributed by atoms with van der Waals surface area (Å²) in [6.45, 7) is 9.27. The van der Waals surface area contributed by atoms with Crippen LogP contribution in [0.15, 0.2) is 44.5 Å². The number of fused-ring (bicyclic) bond motifs is 2. The highest BCUT2D eigenvalue weighted by Gasteiger charge is 2.31. The van der Waals surface area contributed by atoms with Crippen LogP contribution in [0.4, 0.5) is 4.79 Å². The number of piperidine rings is 2. The third-order valence-electron chi connectivity index (χ3n) is 8.19. The van der Waals surface area contributed by atoms with Gasteiger partial charge in [-0.1, -0.05) is 23.2 Å². The standard InChI is InChI=1S/C20H21Br2ClN2.C12H21NO3/c1-25-8-6-12(7-9-25)18-15-4-5-17(23)19(22)16(15)3-2-13-10-14(21)11-24-20(13)18;1-12(2,3)16-11(15)13-7-4-10(5-8-13)6-9-14/h4-5,10-11,20,24H,2-3,6-9H2,1H3;9-10H,4-8H2,1-3H3. The number of nitrogens with one attached hydrogen (secondary N) is 1. The summed E-state index contributed by atoms with van der Waals surface area (Å²) < 4.78 is 7.47. The predicted octanol–water partition coefficient (Wildman–Crippen LogP) is 7.88. The van der Waals surface area contributed by atoms with Gasteiger partial charge in [-0.3, -0.25) is 0 Å². The van der Waals surface area contributed by atoms with Crippen LogP contribution in [0.25, 0.3) is 5.57 Å². The molecule has 3 aliphatic heterocycles. The molecule has 6 nitrogen and oxygen atoms in total. The van der Waals surface area contributed by atoms with E-state index in [9.17, 15) is 9.59 Å². The molecule has 2 fully saturated rings. The second-order valence-electron chi connectivity index (χ2n) is 12.4. The fourth-order valence-corrected chi connectivity index (χ4v) is 7.08. The molecule has 5 rings (SSSR count). The van der Waals surface area contributed by atoms with Crippen molar-refractivity contribution < 1.29 is 14.3 Å². The van der Waals surface area contributed by atoms with E-state index in [1.807, 2.05) is 26.8 Å². The number of dihydropyridines is 1. The Kier molecular flexibility index (Phi) is 11.2. The number of hydrogen-bond acceptors (Lipinski definition) is 5. The van der Waals surface area contributed by atoms with Crippen molar-refractivity contribution in [3.05, 3.63) is 60.7 Å². The molecule has 9 heteroatoms. The van der Waals surface area contributed by atoms with E-state index in [4.69, 9.17) is 16.3 Å². The Morgan fingerprint density at radius 1 is 1.10 bits per heavy atom. The van der Waals surface area contributed by atoms with Crippen molar-refractivity contribution in [1.29, 1.82) is 0 Å². The number of amides is 1. The van der Waals surface area contributed by atoms with E-state index in [2.05, 4.69) is 67.5 Å². The number of halogens is 3. The van der Waals surface area contributed by atoms with E-state index in [1.165, 1.54) is 22.3 Å². The van der Waals surface area contributed by atoms with Crippen molar-refractivity contribution in [3.8, 4) is 0 Å². The number of carbonyl (C=O) groups excluding carboxylic acids is 2. The minimum atomic E-state index is -0.434. The largest absolute Gasteiger partial charge is 0.444 e. The molecule has 1 amide bonds. The zero-order chi connectivity index (χ0) is 29.7. The summed E-state index contributed by atoms with van der Waals surface area (Å²) in [5.41, 5.74) is 6.79. The van der Waals surface area contributed by atoms with Crippen LogP contribution in [0.1, 0.15) is 70.4 Å². The van der Waals surface area contributed by atoms with Gasteiger partial charge in [0, 0.05) is 47.8 Å². The first kappa shape index (κ1) is 32.3. The van der Waals surface area contributed by atoms with Crippen molar-refractivity contribution in [2.24, 2.45) is 5.92 Å². The fraction of sp³-hybridized carbons (Fsp3) is 0.562. The van der Waals surface area contributed by atoms with Crippen molar-refractivity contribution in [3.63, 3.8) is 0 Å². The molecule has 224 valence electrons. The van der Waals surface area contributed by atoms with Gasteiger partial charge in [-0.05, 0) is 139 Å². The van der Waals surface area contributed by atoms with E-state index in [0.717, 1.165) is 71.9 Å². The van der Waals surface area contributed by atoms with E-state index < -0.39 is 5.60 Å². The molecule has 0 spiro atoms. The minimum absolute atomic E-state index is 0.239. The number of carbonyl (C=O) groups is 2. The normalized spacial score (nSPS) is 21.7. The summed E-state index contributed by atoms with van der Waals surface area (Å²) in [5.74, 6) is 0.441. The molecule has 2 saturated heterocycles. The molecule has 1 aromatic rings. The number of aldehydes is 1. The predicted molar refractivity (Wildman–Crippen MR) is 174 cm³/mol. The van der Waals surface area contributed by atoms with Crippen molar-refractivity contribution in [2.75, 3.05) is 33.2 Å². The summed E-state index contributed by atoms with van der Waals surface area (Å²) in [5, 5.41) is 4.45. The van der Waals surface area contributed by atoms with E-state index >= 15 is 0 Å². The zero-order valence-corrected chi connectivity index (χ0v) is 28.5. The Morgan fingerprint density at radius 3 is 2.41 bits per heavy atom. The summed E-state index contributed by atoms with van der Waals surface area (Å²) in [6, 6.07) is 4.53. The molecule has 1 aromatic carbocycles. The minimum Gasteiger partial charge on any atom is -0.444 e. The molecular formula is C32H42Br2ClN3O3. The van der Waals surface area contributed by atoms with Crippen LogP contribution < -0.4 is 5.32 Å². The third kappa shape index (κ3) is 8.49. The summed E-state index contributed by atoms with van der Waals surface area (Å²) in [7, 11) is 2.21. The molecule has 3 heterocycles. The van der Waals surface area contributed by atoms with Crippen molar-refractivity contribution in [1.82, 2.24) is 15.1 Å². The van der Waals surface area contributed by atoms with Crippen LogP contribution >= 0.6 is 43.5 Å². The Balaban J connectivity index is 0.000000210. The SMILES string of the molecule is CC(C)(C)OC(=O)N1CCC(CC=O)CC1.CN1CCC(=C2c3ccc(Cl)c(Br)c3CCC3=CC(Br)=CNC32)CC1. The lowest BCUT2D eigenvalue weighted by Crippen LogP contribution is -2.41. The number of nitrogens with zero attached hydrogens (tertiary/aromatic N) is 2. The summed E-state index contributed by atoms with van der Waals surface area (Å²) in [4.78, 5) is 26.2. The average Bonchev–Trinajstić information content (AvgIpc) is 3.08. The maximum atomic E-state index is 11.7. The lowest BCUT2D eigenvalue weighted by atomic mass is 9.85. The van der Waals surface area contributed by atoms with Crippen LogP contribution in [0.5, 0.6) is 0 Å². The molecule has 0 bridgehead atoms. The molecule has 1 aliphatic carbocycles. The van der Waals surface area contributed by atoms with Crippen LogP contribution in [0, 0.1) is 5.92 Å². The number of hydrogen-bond donors (Lipinski definition) is 1. The van der Waals surface area contributed by atoms with Crippen molar-refractivity contribution >= 4 is 61.4 Å². The molecule has 0 aromatic heterocycles. The van der Waals surface area contributed by atoms with Gasteiger partial charge in [0.25, 0.3) is 0 Å². The Hall–Kier alpha value is -1.61. The fourth-order valence-electron chi connectivity index (χ4n) is 5.94. The smallest absolute Gasteiger partial charge is 0.410 e. The van der Waals surface area contributed by atoms with Crippen molar-refractivity contribution in [2.45, 2.75) is 77.4 Å². The van der Waals surface area contributed by atoms with Gasteiger partial charge < -0.3 is 24.6 Å². The van der Waals surface area contributed by atoms with Gasteiger partial charge in [-0.2, -0.15) is 0 Å². The van der Waals surface area contributed by atoms with E-state index in [0.29, 0.717) is 25.4 Å².